The Kier molecular flexibility index (Phi) is 5.38. The number of halogens is 2. The Morgan fingerprint density at radius 2 is 1.65 bits per heavy atom. The van der Waals surface area contributed by atoms with E-state index in [-0.39, 0.29) is 5.82 Å². The lowest BCUT2D eigenvalue weighted by molar-refractivity contribution is 0.621. The molecule has 0 N–H and O–H groups in total. The highest BCUT2D eigenvalue weighted by Gasteiger charge is 1.98. The first kappa shape index (κ1) is 14.8. The van der Waals surface area contributed by atoms with Crippen LogP contribution in [0.5, 0.6) is 0 Å². The summed E-state index contributed by atoms with van der Waals surface area (Å²) in [6, 6.07) is 13.2. The number of hydrogen-bond acceptors (Lipinski definition) is 0. The molecule has 0 aliphatic heterocycles. The van der Waals surface area contributed by atoms with Crippen LogP contribution in [-0.4, -0.2) is 0 Å². The molecule has 2 heteroatoms. The Hall–Kier alpha value is -1.59. The number of rotatable bonds is 3. The van der Waals surface area contributed by atoms with Gasteiger partial charge in [0.15, 0.2) is 0 Å². The maximum Gasteiger partial charge on any atom is 0.138 e. The van der Waals surface area contributed by atoms with Crippen LogP contribution >= 0.6 is 15.9 Å². The Bertz CT molecular complexity index is 633. The largest absolute Gasteiger partial charge is 0.206 e. The summed E-state index contributed by atoms with van der Waals surface area (Å²) in [7, 11) is 0. The maximum absolute atomic E-state index is 13.4. The van der Waals surface area contributed by atoms with Crippen LogP contribution in [0.2, 0.25) is 0 Å². The van der Waals surface area contributed by atoms with Crippen molar-refractivity contribution in [3.05, 3.63) is 69.4 Å². The average Bonchev–Trinajstić information content (AvgIpc) is 2.47. The van der Waals surface area contributed by atoms with Gasteiger partial charge in [0.25, 0.3) is 0 Å². The van der Waals surface area contributed by atoms with E-state index in [2.05, 4.69) is 46.8 Å². The van der Waals surface area contributed by atoms with Gasteiger partial charge in [-0.05, 0) is 64.7 Å². The highest BCUT2D eigenvalue weighted by Crippen LogP contribution is 2.16. The van der Waals surface area contributed by atoms with Crippen LogP contribution in [0.15, 0.2) is 46.9 Å². The molecule has 0 bridgehead atoms. The molecule has 0 aromatic heterocycles. The number of aryl methyl sites for hydroxylation is 1. The van der Waals surface area contributed by atoms with Gasteiger partial charge in [0.2, 0.25) is 0 Å². The van der Waals surface area contributed by atoms with Crippen LogP contribution < -0.4 is 0 Å². The lowest BCUT2D eigenvalue weighted by atomic mass is 10.1. The molecular formula is C18H16BrF. The van der Waals surface area contributed by atoms with E-state index >= 15 is 0 Å². The summed E-state index contributed by atoms with van der Waals surface area (Å²) >= 11 is 3.13. The first-order valence-electron chi connectivity index (χ1n) is 6.75. The fourth-order valence-corrected chi connectivity index (χ4v) is 2.10. The third-order valence-electron chi connectivity index (χ3n) is 3.04. The topological polar surface area (TPSA) is 0 Å². The van der Waals surface area contributed by atoms with E-state index < -0.39 is 0 Å². The molecule has 0 radical (unpaired) electrons. The highest BCUT2D eigenvalue weighted by molar-refractivity contribution is 9.10. The average molecular weight is 331 g/mol. The van der Waals surface area contributed by atoms with Gasteiger partial charge in [-0.1, -0.05) is 37.3 Å². The van der Waals surface area contributed by atoms with Gasteiger partial charge in [-0.3, -0.25) is 0 Å². The lowest BCUT2D eigenvalue weighted by Crippen LogP contribution is -1.85. The fraction of sp³-hybridized carbons (Fsp3) is 0.222. The molecular weight excluding hydrogens is 315 g/mol. The normalized spacial score (nSPS) is 9.95. The standard InChI is InChI=1S/C18H16BrF/c1-2-3-4-14-5-7-15(8-6-14)9-10-16-11-12-17(19)18(20)13-16/h5-8,11-13H,2-4H2,1H3. The second-order valence-electron chi connectivity index (χ2n) is 4.68. The third-order valence-corrected chi connectivity index (χ3v) is 3.69. The first-order chi connectivity index (χ1) is 9.69. The van der Waals surface area contributed by atoms with E-state index in [9.17, 15) is 4.39 Å². The van der Waals surface area contributed by atoms with Gasteiger partial charge in [0.05, 0.1) is 4.47 Å². The van der Waals surface area contributed by atoms with Crippen molar-refractivity contribution in [2.24, 2.45) is 0 Å². The summed E-state index contributed by atoms with van der Waals surface area (Å²) in [5.74, 6) is 5.75. The van der Waals surface area contributed by atoms with Gasteiger partial charge >= 0.3 is 0 Å². The van der Waals surface area contributed by atoms with Crippen molar-refractivity contribution in [3.8, 4) is 11.8 Å². The molecule has 2 aromatic carbocycles. The molecule has 102 valence electrons. The summed E-state index contributed by atoms with van der Waals surface area (Å²) in [4.78, 5) is 0. The molecule has 0 spiro atoms. The van der Waals surface area contributed by atoms with Gasteiger partial charge in [0.1, 0.15) is 5.82 Å². The number of hydrogen-bond donors (Lipinski definition) is 0. The van der Waals surface area contributed by atoms with Gasteiger partial charge in [-0.25, -0.2) is 4.39 Å². The predicted molar refractivity (Wildman–Crippen MR) is 85.1 cm³/mol. The smallest absolute Gasteiger partial charge is 0.138 e. The first-order valence-corrected chi connectivity index (χ1v) is 7.54. The fourth-order valence-electron chi connectivity index (χ4n) is 1.85. The quantitative estimate of drug-likeness (QED) is 0.667. The van der Waals surface area contributed by atoms with Crippen molar-refractivity contribution in [1.82, 2.24) is 0 Å². The van der Waals surface area contributed by atoms with Crippen LogP contribution in [0.4, 0.5) is 4.39 Å². The molecule has 0 atom stereocenters. The van der Waals surface area contributed by atoms with Crippen molar-refractivity contribution in [1.29, 1.82) is 0 Å². The van der Waals surface area contributed by atoms with E-state index in [0.29, 0.717) is 10.0 Å². The van der Waals surface area contributed by atoms with Gasteiger partial charge < -0.3 is 0 Å². The van der Waals surface area contributed by atoms with Gasteiger partial charge in [-0.15, -0.1) is 0 Å². The summed E-state index contributed by atoms with van der Waals surface area (Å²) in [6.45, 7) is 2.19. The van der Waals surface area contributed by atoms with Gasteiger partial charge in [0, 0.05) is 11.1 Å². The van der Waals surface area contributed by atoms with E-state index in [0.717, 1.165) is 12.0 Å². The van der Waals surface area contributed by atoms with Crippen molar-refractivity contribution < 1.29 is 4.39 Å². The summed E-state index contributed by atoms with van der Waals surface area (Å²) in [5.41, 5.74) is 2.97. The van der Waals surface area contributed by atoms with Gasteiger partial charge in [-0.2, -0.15) is 0 Å². The van der Waals surface area contributed by atoms with Crippen LogP contribution in [0.25, 0.3) is 0 Å². The van der Waals surface area contributed by atoms with Crippen molar-refractivity contribution in [2.45, 2.75) is 26.2 Å². The zero-order valence-electron chi connectivity index (χ0n) is 11.4. The molecule has 0 nitrogen and oxygen atoms in total. The summed E-state index contributed by atoms with van der Waals surface area (Å²) < 4.78 is 13.8. The molecule has 0 saturated heterocycles. The zero-order chi connectivity index (χ0) is 14.4. The molecule has 0 fully saturated rings. The molecule has 0 aliphatic carbocycles. The molecule has 0 heterocycles. The minimum Gasteiger partial charge on any atom is -0.206 e. The summed E-state index contributed by atoms with van der Waals surface area (Å²) in [5, 5.41) is 0. The third kappa shape index (κ3) is 4.21. The van der Waals surface area contributed by atoms with Crippen molar-refractivity contribution in [3.63, 3.8) is 0 Å². The van der Waals surface area contributed by atoms with Crippen LogP contribution in [0.3, 0.4) is 0 Å². The second-order valence-corrected chi connectivity index (χ2v) is 5.53. The Morgan fingerprint density at radius 3 is 2.30 bits per heavy atom. The minimum absolute atomic E-state index is 0.285. The molecule has 0 unspecified atom stereocenters. The van der Waals surface area contributed by atoms with E-state index in [1.165, 1.54) is 24.5 Å². The van der Waals surface area contributed by atoms with Crippen LogP contribution in [-0.2, 0) is 6.42 Å². The molecule has 20 heavy (non-hydrogen) atoms. The van der Waals surface area contributed by atoms with Crippen LogP contribution in [0, 0.1) is 17.7 Å². The zero-order valence-corrected chi connectivity index (χ0v) is 13.0. The lowest BCUT2D eigenvalue weighted by Gasteiger charge is -1.99. The maximum atomic E-state index is 13.4. The molecule has 0 amide bonds. The summed E-state index contributed by atoms with van der Waals surface area (Å²) in [6.07, 6.45) is 3.53. The number of benzene rings is 2. The van der Waals surface area contributed by atoms with Crippen LogP contribution in [0.1, 0.15) is 36.5 Å². The van der Waals surface area contributed by atoms with Crippen molar-refractivity contribution in [2.75, 3.05) is 0 Å². The molecule has 2 aromatic rings. The Labute approximate surface area is 128 Å². The molecule has 0 saturated carbocycles. The number of unbranched alkanes of at least 4 members (excludes halogenated alkanes) is 1. The van der Waals surface area contributed by atoms with E-state index in [1.807, 2.05) is 12.1 Å². The predicted octanol–water partition coefficient (Wildman–Crippen LogP) is 5.33. The van der Waals surface area contributed by atoms with Crippen molar-refractivity contribution >= 4 is 15.9 Å². The minimum atomic E-state index is -0.285. The highest BCUT2D eigenvalue weighted by atomic mass is 79.9. The monoisotopic (exact) mass is 330 g/mol. The Morgan fingerprint density at radius 1 is 1.00 bits per heavy atom. The van der Waals surface area contributed by atoms with E-state index in [4.69, 9.17) is 0 Å². The molecule has 0 aliphatic rings. The molecule has 2 rings (SSSR count). The SMILES string of the molecule is CCCCc1ccc(C#Cc2ccc(Br)c(F)c2)cc1. The Balaban J connectivity index is 2.10. The second kappa shape index (κ2) is 7.26. The van der Waals surface area contributed by atoms with E-state index in [1.54, 1.807) is 12.1 Å².